The Morgan fingerprint density at radius 1 is 1.28 bits per heavy atom. The number of aryl methyl sites for hydroxylation is 1. The van der Waals surface area contributed by atoms with Crippen LogP contribution < -0.4 is 0 Å². The molecule has 0 spiro atoms. The van der Waals surface area contributed by atoms with Gasteiger partial charge in [0.15, 0.2) is 0 Å². The number of nitrogens with zero attached hydrogens (tertiary/aromatic N) is 2. The number of hydrogen-bond donors (Lipinski definition) is 0. The molecular weight excluding hydrogens is 335 g/mol. The van der Waals surface area contributed by atoms with Crippen molar-refractivity contribution in [3.05, 3.63) is 51.2 Å². The molecule has 1 amide bonds. The first-order valence-electron chi connectivity index (χ1n) is 8.99. The van der Waals surface area contributed by atoms with Gasteiger partial charge in [-0.2, -0.15) is 0 Å². The van der Waals surface area contributed by atoms with Gasteiger partial charge in [0.05, 0.1) is 10.7 Å². The van der Waals surface area contributed by atoms with Gasteiger partial charge in [0.25, 0.3) is 5.91 Å². The van der Waals surface area contributed by atoms with Crippen molar-refractivity contribution < 1.29 is 9.18 Å². The van der Waals surface area contributed by atoms with Crippen molar-refractivity contribution in [2.45, 2.75) is 65.0 Å². The number of aromatic nitrogens is 1. The Kier molecular flexibility index (Phi) is 5.52. The van der Waals surface area contributed by atoms with Crippen molar-refractivity contribution in [2.24, 2.45) is 0 Å². The van der Waals surface area contributed by atoms with Crippen LogP contribution >= 0.6 is 11.3 Å². The maximum absolute atomic E-state index is 13.2. The molecule has 0 radical (unpaired) electrons. The molecule has 3 nitrogen and oxygen atoms in total. The molecule has 3 rings (SSSR count). The molecule has 1 saturated carbocycles. The van der Waals surface area contributed by atoms with E-state index in [1.165, 1.54) is 36.3 Å². The van der Waals surface area contributed by atoms with E-state index in [9.17, 15) is 9.18 Å². The molecule has 1 aliphatic carbocycles. The highest BCUT2D eigenvalue weighted by Gasteiger charge is 2.31. The van der Waals surface area contributed by atoms with Crippen molar-refractivity contribution in [2.75, 3.05) is 0 Å². The molecule has 2 aromatic rings. The second kappa shape index (κ2) is 7.65. The quantitative estimate of drug-likeness (QED) is 0.754. The second-order valence-corrected chi connectivity index (χ2v) is 8.15. The summed E-state index contributed by atoms with van der Waals surface area (Å²) in [6, 6.07) is 7.01. The highest BCUT2D eigenvalue weighted by Crippen LogP contribution is 2.29. The molecular formula is C20H25FN2OS. The normalized spacial score (nSPS) is 15.1. The van der Waals surface area contributed by atoms with Crippen molar-refractivity contribution in [1.29, 1.82) is 0 Å². The number of rotatable bonds is 5. The molecule has 5 heteroatoms. The van der Waals surface area contributed by atoms with Crippen molar-refractivity contribution in [1.82, 2.24) is 9.88 Å². The van der Waals surface area contributed by atoms with Crippen LogP contribution in [-0.2, 0) is 6.42 Å². The van der Waals surface area contributed by atoms with Crippen LogP contribution in [0.4, 0.5) is 4.39 Å². The summed E-state index contributed by atoms with van der Waals surface area (Å²) in [6.07, 6.45) is 5.25. The average Bonchev–Trinajstić information content (AvgIpc) is 3.19. The van der Waals surface area contributed by atoms with E-state index in [1.54, 1.807) is 12.1 Å². The zero-order valence-corrected chi connectivity index (χ0v) is 15.9. The monoisotopic (exact) mass is 360 g/mol. The molecule has 25 heavy (non-hydrogen) atoms. The van der Waals surface area contributed by atoms with Crippen LogP contribution in [0.3, 0.4) is 0 Å². The van der Waals surface area contributed by atoms with Gasteiger partial charge in [0.1, 0.15) is 10.7 Å². The lowest BCUT2D eigenvalue weighted by molar-refractivity contribution is 0.0617. The van der Waals surface area contributed by atoms with Crippen LogP contribution in [-0.4, -0.2) is 27.9 Å². The van der Waals surface area contributed by atoms with Gasteiger partial charge in [0.2, 0.25) is 0 Å². The molecule has 0 N–H and O–H groups in total. The fourth-order valence-electron chi connectivity index (χ4n) is 3.62. The zero-order valence-electron chi connectivity index (χ0n) is 15.1. The van der Waals surface area contributed by atoms with Gasteiger partial charge in [-0.15, -0.1) is 11.3 Å². The van der Waals surface area contributed by atoms with Crippen LogP contribution in [0.5, 0.6) is 0 Å². The minimum atomic E-state index is -0.237. The highest BCUT2D eigenvalue weighted by atomic mass is 32.1. The van der Waals surface area contributed by atoms with Gasteiger partial charge < -0.3 is 4.90 Å². The largest absolute Gasteiger partial charge is 0.332 e. The van der Waals surface area contributed by atoms with Crippen molar-refractivity contribution in [3.8, 4) is 0 Å². The number of carbonyl (C=O) groups excluding carboxylic acids is 1. The van der Waals surface area contributed by atoms with Gasteiger partial charge in [0, 0.05) is 18.5 Å². The minimum absolute atomic E-state index is 0.113. The van der Waals surface area contributed by atoms with E-state index in [0.29, 0.717) is 12.5 Å². The second-order valence-electron chi connectivity index (χ2n) is 7.07. The molecule has 134 valence electrons. The lowest BCUT2D eigenvalue weighted by Gasteiger charge is -2.32. The van der Waals surface area contributed by atoms with E-state index >= 15 is 0 Å². The van der Waals surface area contributed by atoms with Crippen molar-refractivity contribution in [3.63, 3.8) is 0 Å². The van der Waals surface area contributed by atoms with Crippen molar-refractivity contribution >= 4 is 17.2 Å². The minimum Gasteiger partial charge on any atom is -0.332 e. The Bertz CT molecular complexity index is 733. The smallest absolute Gasteiger partial charge is 0.266 e. The first-order chi connectivity index (χ1) is 12.0. The Balaban J connectivity index is 1.80. The molecule has 0 aliphatic heterocycles. The van der Waals surface area contributed by atoms with E-state index in [-0.39, 0.29) is 17.8 Å². The predicted molar refractivity (Wildman–Crippen MR) is 99.6 cm³/mol. The van der Waals surface area contributed by atoms with Crippen LogP contribution in [0.2, 0.25) is 0 Å². The first-order valence-corrected chi connectivity index (χ1v) is 9.80. The summed E-state index contributed by atoms with van der Waals surface area (Å²) in [4.78, 5) is 20.5. The Morgan fingerprint density at radius 3 is 2.52 bits per heavy atom. The topological polar surface area (TPSA) is 33.2 Å². The molecule has 0 bridgehead atoms. The summed E-state index contributed by atoms with van der Waals surface area (Å²) < 4.78 is 13.0. The average molecular weight is 360 g/mol. The lowest BCUT2D eigenvalue weighted by Crippen LogP contribution is -2.43. The van der Waals surface area contributed by atoms with Gasteiger partial charge in [-0.05, 0) is 51.3 Å². The number of thiazole rings is 1. The Morgan fingerprint density at radius 2 is 1.92 bits per heavy atom. The third kappa shape index (κ3) is 4.09. The highest BCUT2D eigenvalue weighted by molar-refractivity contribution is 7.13. The van der Waals surface area contributed by atoms with Gasteiger partial charge >= 0.3 is 0 Å². The summed E-state index contributed by atoms with van der Waals surface area (Å²) in [5.74, 6) is -0.124. The molecule has 1 aromatic heterocycles. The molecule has 0 atom stereocenters. The SMILES string of the molecule is Cc1nc(Cc2ccc(F)cc2)sc1C(=O)N(C(C)C)C1CCCC1. The van der Waals surface area contributed by atoms with E-state index in [0.717, 1.165) is 34.0 Å². The summed E-state index contributed by atoms with van der Waals surface area (Å²) in [7, 11) is 0. The molecule has 1 heterocycles. The third-order valence-electron chi connectivity index (χ3n) is 4.81. The fourth-order valence-corrected chi connectivity index (χ4v) is 4.67. The third-order valence-corrected chi connectivity index (χ3v) is 5.96. The molecule has 0 unspecified atom stereocenters. The van der Waals surface area contributed by atoms with Gasteiger partial charge in [-0.3, -0.25) is 4.79 Å². The summed E-state index contributed by atoms with van der Waals surface area (Å²) in [5, 5.41) is 0.905. The van der Waals surface area contributed by atoms with E-state index in [4.69, 9.17) is 0 Å². The van der Waals surface area contributed by atoms with E-state index < -0.39 is 0 Å². The first kappa shape index (κ1) is 18.1. The van der Waals surface area contributed by atoms with Gasteiger partial charge in [-0.1, -0.05) is 25.0 Å². The van der Waals surface area contributed by atoms with Crippen LogP contribution in [0.15, 0.2) is 24.3 Å². The number of halogens is 1. The number of carbonyl (C=O) groups is 1. The maximum Gasteiger partial charge on any atom is 0.266 e. The summed E-state index contributed by atoms with van der Waals surface area (Å²) >= 11 is 1.48. The molecule has 1 aliphatic rings. The molecule has 0 saturated heterocycles. The molecule has 1 fully saturated rings. The van der Waals surface area contributed by atoms with Crippen LogP contribution in [0, 0.1) is 12.7 Å². The Hall–Kier alpha value is -1.75. The van der Waals surface area contributed by atoms with E-state index in [1.807, 2.05) is 6.92 Å². The molecule has 1 aromatic carbocycles. The summed E-state index contributed by atoms with van der Waals surface area (Å²) in [6.45, 7) is 6.09. The number of hydrogen-bond acceptors (Lipinski definition) is 3. The lowest BCUT2D eigenvalue weighted by atomic mass is 10.1. The predicted octanol–water partition coefficient (Wildman–Crippen LogP) is 4.97. The van der Waals surface area contributed by atoms with Crippen LogP contribution in [0.25, 0.3) is 0 Å². The Labute approximate surface area is 152 Å². The number of benzene rings is 1. The van der Waals surface area contributed by atoms with Gasteiger partial charge in [-0.25, -0.2) is 9.37 Å². The zero-order chi connectivity index (χ0) is 18.0. The number of amides is 1. The summed E-state index contributed by atoms with van der Waals surface area (Å²) in [5.41, 5.74) is 1.81. The maximum atomic E-state index is 13.2. The van der Waals surface area contributed by atoms with Crippen LogP contribution in [0.1, 0.15) is 65.5 Å². The fraction of sp³-hybridized carbons (Fsp3) is 0.500. The standard InChI is InChI=1S/C20H25FN2OS/c1-13(2)23(17-6-4-5-7-17)20(24)19-14(3)22-18(25-19)12-15-8-10-16(21)11-9-15/h8-11,13,17H,4-7,12H2,1-3H3. The van der Waals surface area contributed by atoms with E-state index in [2.05, 4.69) is 23.7 Å².